The van der Waals surface area contributed by atoms with Gasteiger partial charge in [-0.15, -0.1) is 11.8 Å². The first kappa shape index (κ1) is 32.9. The lowest BCUT2D eigenvalue weighted by Crippen LogP contribution is -2.42. The molecule has 1 heterocycles. The van der Waals surface area contributed by atoms with Gasteiger partial charge in [-0.1, -0.05) is 24.3 Å². The maximum absolute atomic E-state index is 13.9. The number of carbonyl (C=O) groups is 3. The molecule has 0 spiro atoms. The highest BCUT2D eigenvalue weighted by molar-refractivity contribution is 7.98. The highest BCUT2D eigenvalue weighted by Gasteiger charge is 2.42. The van der Waals surface area contributed by atoms with E-state index >= 15 is 0 Å². The fourth-order valence-corrected chi connectivity index (χ4v) is 5.29. The van der Waals surface area contributed by atoms with Gasteiger partial charge in [0.05, 0.1) is 0 Å². The van der Waals surface area contributed by atoms with Gasteiger partial charge >= 0.3 is 18.1 Å². The molecule has 0 bridgehead atoms. The minimum absolute atomic E-state index is 0.0391. The number of amides is 1. The van der Waals surface area contributed by atoms with Gasteiger partial charge in [0.15, 0.2) is 11.6 Å². The molecule has 0 radical (unpaired) electrons. The van der Waals surface area contributed by atoms with Crippen molar-refractivity contribution in [2.45, 2.75) is 30.5 Å². The number of likely N-dealkylation sites (tertiary alicyclic amines) is 1. The molecule has 1 amide bonds. The van der Waals surface area contributed by atoms with Crippen LogP contribution in [0, 0.1) is 11.6 Å². The highest BCUT2D eigenvalue weighted by Crippen LogP contribution is 2.33. The summed E-state index contributed by atoms with van der Waals surface area (Å²) in [6.45, 7) is 1.25. The number of rotatable bonds is 11. The second-order valence-electron chi connectivity index (χ2n) is 10.0. The molecule has 44 heavy (non-hydrogen) atoms. The van der Waals surface area contributed by atoms with Crippen molar-refractivity contribution in [2.75, 3.05) is 39.0 Å². The van der Waals surface area contributed by atoms with Crippen molar-refractivity contribution in [3.05, 3.63) is 83.4 Å². The maximum Gasteiger partial charge on any atom is 0.491 e. The average Bonchev–Trinajstić information content (AvgIpc) is 3.52. The van der Waals surface area contributed by atoms with Crippen molar-refractivity contribution in [1.29, 1.82) is 0 Å². The van der Waals surface area contributed by atoms with E-state index in [9.17, 15) is 36.3 Å². The van der Waals surface area contributed by atoms with Crippen molar-refractivity contribution in [1.82, 2.24) is 9.80 Å². The van der Waals surface area contributed by atoms with Crippen LogP contribution in [0.4, 0.5) is 22.0 Å². The maximum atomic E-state index is 13.9. The molecule has 234 valence electrons. The molecule has 1 aliphatic rings. The fraction of sp³-hybridized carbons (Fsp3) is 0.323. The zero-order valence-electron chi connectivity index (χ0n) is 23.7. The molecule has 4 rings (SSSR count). The number of carbonyl (C=O) groups excluding carboxylic acids is 3. The summed E-state index contributed by atoms with van der Waals surface area (Å²) in [5.74, 6) is -6.15. The van der Waals surface area contributed by atoms with Crippen LogP contribution in [0.3, 0.4) is 0 Å². The van der Waals surface area contributed by atoms with E-state index in [0.717, 1.165) is 43.0 Å². The first-order valence-electron chi connectivity index (χ1n) is 13.6. The predicted octanol–water partition coefficient (Wildman–Crippen LogP) is 6.10. The molecule has 3 aromatic carbocycles. The van der Waals surface area contributed by atoms with Crippen LogP contribution in [-0.4, -0.2) is 72.8 Å². The number of benzene rings is 3. The van der Waals surface area contributed by atoms with E-state index in [1.54, 1.807) is 42.7 Å². The molecule has 0 unspecified atom stereocenters. The van der Waals surface area contributed by atoms with E-state index in [1.165, 1.54) is 23.9 Å². The molecule has 0 atom stereocenters. The predicted molar refractivity (Wildman–Crippen MR) is 153 cm³/mol. The first-order chi connectivity index (χ1) is 20.9. The van der Waals surface area contributed by atoms with E-state index in [4.69, 9.17) is 4.74 Å². The van der Waals surface area contributed by atoms with Crippen LogP contribution in [0.1, 0.15) is 28.8 Å². The van der Waals surface area contributed by atoms with Crippen LogP contribution in [0.15, 0.2) is 65.6 Å². The third kappa shape index (κ3) is 8.79. The molecule has 0 aliphatic carbocycles. The molecule has 0 aromatic heterocycles. The normalized spacial score (nSPS) is 13.5. The van der Waals surface area contributed by atoms with Crippen LogP contribution in [0.5, 0.6) is 5.75 Å². The summed E-state index contributed by atoms with van der Waals surface area (Å²) in [4.78, 5) is 40.3. The minimum Gasteiger partial charge on any atom is -0.489 e. The third-order valence-electron chi connectivity index (χ3n) is 6.92. The summed E-state index contributed by atoms with van der Waals surface area (Å²) in [7, 11) is 0. The lowest BCUT2D eigenvalue weighted by molar-refractivity contribution is -0.202. The summed E-state index contributed by atoms with van der Waals surface area (Å²) >= 11 is 1.29. The number of nitrogens with zero attached hydrogens (tertiary/aromatic N) is 2. The van der Waals surface area contributed by atoms with Gasteiger partial charge in [0, 0.05) is 23.5 Å². The Bertz CT molecular complexity index is 1490. The second kappa shape index (κ2) is 14.7. The average molecular weight is 637 g/mol. The minimum atomic E-state index is -5.34. The molecule has 13 heteroatoms. The fourth-order valence-electron chi connectivity index (χ4n) is 4.67. The summed E-state index contributed by atoms with van der Waals surface area (Å²) in [6.07, 6.45) is -1.63. The third-order valence-corrected chi connectivity index (χ3v) is 7.69. The van der Waals surface area contributed by atoms with Crippen molar-refractivity contribution in [2.24, 2.45) is 0 Å². The number of halogens is 5. The first-order valence-corrected chi connectivity index (χ1v) is 14.9. The van der Waals surface area contributed by atoms with Crippen molar-refractivity contribution < 1.29 is 45.8 Å². The van der Waals surface area contributed by atoms with Gasteiger partial charge in [-0.2, -0.15) is 13.2 Å². The van der Waals surface area contributed by atoms with Gasteiger partial charge in [0.1, 0.15) is 18.9 Å². The highest BCUT2D eigenvalue weighted by atomic mass is 32.2. The Hall–Kier alpha value is -3.97. The van der Waals surface area contributed by atoms with Gasteiger partial charge in [-0.25, -0.2) is 18.4 Å². The second-order valence-corrected chi connectivity index (χ2v) is 10.9. The Labute approximate surface area is 254 Å². The van der Waals surface area contributed by atoms with Crippen LogP contribution < -0.4 is 4.74 Å². The number of esters is 2. The number of ether oxygens (including phenoxy) is 2. The van der Waals surface area contributed by atoms with E-state index in [0.29, 0.717) is 33.9 Å². The number of hydrogen-bond donors (Lipinski definition) is 0. The Morgan fingerprint density at radius 1 is 0.955 bits per heavy atom. The van der Waals surface area contributed by atoms with Gasteiger partial charge in [0.2, 0.25) is 0 Å². The lowest BCUT2D eigenvalue weighted by atomic mass is 10.1. The number of alkyl halides is 3. The molecule has 1 aliphatic heterocycles. The Balaban J connectivity index is 1.43. The lowest BCUT2D eigenvalue weighted by Gasteiger charge is -2.25. The zero-order valence-corrected chi connectivity index (χ0v) is 24.5. The Morgan fingerprint density at radius 2 is 1.64 bits per heavy atom. The van der Waals surface area contributed by atoms with Crippen LogP contribution >= 0.6 is 11.8 Å². The topological polar surface area (TPSA) is 76.2 Å². The molecular weight excluding hydrogens is 607 g/mol. The number of thioether (sulfide) groups is 1. The van der Waals surface area contributed by atoms with Crippen molar-refractivity contribution in [3.63, 3.8) is 0 Å². The number of hydrogen-bond acceptors (Lipinski definition) is 7. The van der Waals surface area contributed by atoms with E-state index in [-0.39, 0.29) is 18.7 Å². The summed E-state index contributed by atoms with van der Waals surface area (Å²) in [6, 6.07) is 15.4. The molecule has 0 N–H and O–H groups in total. The van der Waals surface area contributed by atoms with E-state index in [1.807, 2.05) is 0 Å². The Morgan fingerprint density at radius 3 is 2.30 bits per heavy atom. The van der Waals surface area contributed by atoms with Gasteiger partial charge in [-0.3, -0.25) is 4.79 Å². The summed E-state index contributed by atoms with van der Waals surface area (Å²) in [5.41, 5.74) is 1.97. The molecule has 0 saturated carbocycles. The monoisotopic (exact) mass is 636 g/mol. The standard InChI is InChI=1S/C31H29F5N2O5S/c1-44-27-17-26(33)25(32)16-24(27)21-7-9-23(10-8-21)42-19-20-5-4-6-22(15-20)29(40)38(14-13-37-11-2-3-12-37)18-28(39)43-30(41)31(34,35)36/h4-10,15-17H,2-3,11-14,18-19H2,1H3. The SMILES string of the molecule is CSc1cc(F)c(F)cc1-c1ccc(OCc2cccc(C(=O)N(CCN3CCCC3)CC(=O)OC(=O)C(F)(F)F)c2)cc1. The van der Waals surface area contributed by atoms with Gasteiger partial charge in [-0.05, 0) is 85.3 Å². The molecule has 1 saturated heterocycles. The molecule has 1 fully saturated rings. The largest absolute Gasteiger partial charge is 0.491 e. The van der Waals surface area contributed by atoms with Crippen LogP contribution in [0.25, 0.3) is 11.1 Å². The quantitative estimate of drug-likeness (QED) is 0.109. The summed E-state index contributed by atoms with van der Waals surface area (Å²) < 4.78 is 75.0. The molecule has 3 aromatic rings. The molecular formula is C31H29F5N2O5S. The zero-order chi connectivity index (χ0) is 31.9. The van der Waals surface area contributed by atoms with Crippen LogP contribution in [-0.2, 0) is 20.9 Å². The Kier molecular flexibility index (Phi) is 11.0. The molecule has 7 nitrogen and oxygen atoms in total. The van der Waals surface area contributed by atoms with E-state index in [2.05, 4.69) is 9.64 Å². The van der Waals surface area contributed by atoms with Crippen molar-refractivity contribution >= 4 is 29.6 Å². The summed E-state index contributed by atoms with van der Waals surface area (Å²) in [5, 5.41) is 0. The van der Waals surface area contributed by atoms with Crippen molar-refractivity contribution in [3.8, 4) is 16.9 Å². The van der Waals surface area contributed by atoms with E-state index < -0.39 is 42.2 Å². The smallest absolute Gasteiger partial charge is 0.489 e. The van der Waals surface area contributed by atoms with Gasteiger partial charge in [0.25, 0.3) is 5.91 Å². The van der Waals surface area contributed by atoms with Crippen LogP contribution in [0.2, 0.25) is 0 Å². The van der Waals surface area contributed by atoms with Gasteiger partial charge < -0.3 is 19.3 Å².